The van der Waals surface area contributed by atoms with Crippen molar-refractivity contribution in [3.05, 3.63) is 77.9 Å². The van der Waals surface area contributed by atoms with E-state index in [0.717, 1.165) is 18.2 Å². The highest BCUT2D eigenvalue weighted by Crippen LogP contribution is 2.46. The van der Waals surface area contributed by atoms with Crippen molar-refractivity contribution in [2.24, 2.45) is 0 Å². The minimum atomic E-state index is -2.89. The first-order chi connectivity index (χ1) is 16.2. The second kappa shape index (κ2) is 9.20. The van der Waals surface area contributed by atoms with Gasteiger partial charge in [0.25, 0.3) is 11.8 Å². The van der Waals surface area contributed by atoms with Crippen molar-refractivity contribution < 1.29 is 27.1 Å². The van der Waals surface area contributed by atoms with Gasteiger partial charge < -0.3 is 10.1 Å². The molecule has 176 valence electrons. The summed E-state index contributed by atoms with van der Waals surface area (Å²) in [5.74, 6) is -5.56. The van der Waals surface area contributed by atoms with Gasteiger partial charge in [-0.3, -0.25) is 9.78 Å². The number of ether oxygens (including phenoxy) is 1. The summed E-state index contributed by atoms with van der Waals surface area (Å²) < 4.78 is 61.4. The van der Waals surface area contributed by atoms with Crippen LogP contribution in [0.3, 0.4) is 0 Å². The molecule has 1 amide bonds. The zero-order valence-electron chi connectivity index (χ0n) is 18.1. The number of benzene rings is 1. The SMILES string of the molecule is C=C1CC(F)(F)CCC1c1nccc(-c2cc(F)ccc2F)c1NC(=O)c1cnc(OC)nc1. The van der Waals surface area contributed by atoms with Gasteiger partial charge in [-0.25, -0.2) is 27.5 Å². The van der Waals surface area contributed by atoms with Crippen LogP contribution in [0.5, 0.6) is 6.01 Å². The van der Waals surface area contributed by atoms with Crippen LogP contribution in [-0.4, -0.2) is 33.9 Å². The minimum Gasteiger partial charge on any atom is -0.467 e. The number of carbonyl (C=O) groups excluding carboxylic acids is 1. The van der Waals surface area contributed by atoms with E-state index in [4.69, 9.17) is 4.74 Å². The lowest BCUT2D eigenvalue weighted by molar-refractivity contribution is -0.0216. The van der Waals surface area contributed by atoms with E-state index in [0.29, 0.717) is 0 Å². The van der Waals surface area contributed by atoms with Gasteiger partial charge >= 0.3 is 6.01 Å². The molecule has 0 aliphatic heterocycles. The Morgan fingerprint density at radius 2 is 1.88 bits per heavy atom. The molecule has 0 spiro atoms. The van der Waals surface area contributed by atoms with Crippen molar-refractivity contribution in [1.82, 2.24) is 15.0 Å². The fourth-order valence-corrected chi connectivity index (χ4v) is 3.96. The van der Waals surface area contributed by atoms with E-state index in [1.807, 2.05) is 0 Å². The summed E-state index contributed by atoms with van der Waals surface area (Å²) in [4.78, 5) is 25.1. The Hall–Kier alpha value is -3.82. The summed E-state index contributed by atoms with van der Waals surface area (Å²) in [6.45, 7) is 3.80. The highest BCUT2D eigenvalue weighted by Gasteiger charge is 2.39. The Labute approximate surface area is 192 Å². The van der Waals surface area contributed by atoms with Crippen molar-refractivity contribution in [3.8, 4) is 17.1 Å². The molecule has 4 rings (SSSR count). The first-order valence-corrected chi connectivity index (χ1v) is 10.4. The van der Waals surface area contributed by atoms with E-state index in [1.54, 1.807) is 0 Å². The summed E-state index contributed by atoms with van der Waals surface area (Å²) in [5, 5.41) is 2.68. The standard InChI is InChI=1S/C24H20F4N4O2/c1-13-10-24(27,28)7-5-16(13)20-21(32-22(33)14-11-30-23(34-2)31-12-14)17(6-8-29-20)18-9-15(25)3-4-19(18)26/h3-4,6,8-9,11-12,16H,1,5,7,10H2,2H3,(H,32,33). The first-order valence-electron chi connectivity index (χ1n) is 10.4. The second-order valence-electron chi connectivity index (χ2n) is 7.94. The van der Waals surface area contributed by atoms with Crippen molar-refractivity contribution in [3.63, 3.8) is 0 Å². The van der Waals surface area contributed by atoms with E-state index in [2.05, 4.69) is 26.8 Å². The van der Waals surface area contributed by atoms with Crippen LogP contribution >= 0.6 is 0 Å². The van der Waals surface area contributed by atoms with Crippen LogP contribution in [0.15, 0.2) is 55.0 Å². The number of amides is 1. The number of aromatic nitrogens is 3. The lowest BCUT2D eigenvalue weighted by Crippen LogP contribution is -2.27. The van der Waals surface area contributed by atoms with Crippen LogP contribution in [0.2, 0.25) is 0 Å². The molecule has 1 N–H and O–H groups in total. The zero-order chi connectivity index (χ0) is 24.5. The Morgan fingerprint density at radius 3 is 2.56 bits per heavy atom. The lowest BCUT2D eigenvalue weighted by Gasteiger charge is -2.31. The van der Waals surface area contributed by atoms with E-state index in [-0.39, 0.29) is 46.1 Å². The zero-order valence-corrected chi connectivity index (χ0v) is 18.1. The highest BCUT2D eigenvalue weighted by atomic mass is 19.3. The van der Waals surface area contributed by atoms with E-state index >= 15 is 0 Å². The van der Waals surface area contributed by atoms with Crippen LogP contribution < -0.4 is 10.1 Å². The Morgan fingerprint density at radius 1 is 1.15 bits per heavy atom. The van der Waals surface area contributed by atoms with Crippen LogP contribution in [0.25, 0.3) is 11.1 Å². The third kappa shape index (κ3) is 4.75. The highest BCUT2D eigenvalue weighted by molar-refractivity contribution is 6.06. The number of allylic oxidation sites excluding steroid dienone is 1. The molecular weight excluding hydrogens is 452 g/mol. The molecular formula is C24H20F4N4O2. The van der Waals surface area contributed by atoms with Gasteiger partial charge in [-0.05, 0) is 30.7 Å². The number of pyridine rings is 1. The second-order valence-corrected chi connectivity index (χ2v) is 7.94. The molecule has 2 heterocycles. The molecule has 1 aliphatic carbocycles. The van der Waals surface area contributed by atoms with Gasteiger partial charge in [-0.1, -0.05) is 12.2 Å². The van der Waals surface area contributed by atoms with Crippen LogP contribution in [0.1, 0.15) is 41.2 Å². The molecule has 10 heteroatoms. The third-order valence-corrected chi connectivity index (χ3v) is 5.62. The van der Waals surface area contributed by atoms with Crippen molar-refractivity contribution in [2.45, 2.75) is 31.1 Å². The largest absolute Gasteiger partial charge is 0.467 e. The molecule has 1 unspecified atom stereocenters. The Bertz CT molecular complexity index is 1250. The van der Waals surface area contributed by atoms with Gasteiger partial charge in [0.1, 0.15) is 11.6 Å². The average molecular weight is 472 g/mol. The monoisotopic (exact) mass is 472 g/mol. The van der Waals surface area contributed by atoms with Crippen molar-refractivity contribution in [2.75, 3.05) is 12.4 Å². The quantitative estimate of drug-likeness (QED) is 0.390. The van der Waals surface area contributed by atoms with Crippen LogP contribution in [-0.2, 0) is 0 Å². The number of anilines is 1. The number of rotatable bonds is 5. The molecule has 1 fully saturated rings. The fourth-order valence-electron chi connectivity index (χ4n) is 3.96. The Kier molecular flexibility index (Phi) is 6.32. The summed E-state index contributed by atoms with van der Waals surface area (Å²) in [7, 11) is 1.37. The molecule has 3 aromatic rings. The number of hydrogen-bond donors (Lipinski definition) is 1. The normalized spacial score (nSPS) is 17.3. The van der Waals surface area contributed by atoms with Gasteiger partial charge in [0.05, 0.1) is 24.1 Å². The molecule has 2 aromatic heterocycles. The summed E-state index contributed by atoms with van der Waals surface area (Å²) >= 11 is 0. The van der Waals surface area contributed by atoms with Gasteiger partial charge in [-0.15, -0.1) is 0 Å². The topological polar surface area (TPSA) is 77.0 Å². The average Bonchev–Trinajstić information content (AvgIpc) is 2.80. The molecule has 1 atom stereocenters. The molecule has 0 radical (unpaired) electrons. The number of alkyl halides is 2. The number of methoxy groups -OCH3 is 1. The maximum atomic E-state index is 14.7. The fraction of sp³-hybridized carbons (Fsp3) is 0.250. The predicted octanol–water partition coefficient (Wildman–Crippen LogP) is 5.54. The van der Waals surface area contributed by atoms with Gasteiger partial charge in [0, 0.05) is 48.5 Å². The minimum absolute atomic E-state index is 0.0302. The molecule has 1 aromatic carbocycles. The van der Waals surface area contributed by atoms with Gasteiger partial charge in [0.2, 0.25) is 0 Å². The first kappa shape index (κ1) is 23.3. The van der Waals surface area contributed by atoms with E-state index in [1.165, 1.54) is 31.8 Å². The number of halogens is 4. The maximum Gasteiger partial charge on any atom is 0.316 e. The molecule has 34 heavy (non-hydrogen) atoms. The smallest absolute Gasteiger partial charge is 0.316 e. The van der Waals surface area contributed by atoms with Crippen LogP contribution in [0.4, 0.5) is 23.2 Å². The summed E-state index contributed by atoms with van der Waals surface area (Å²) in [6, 6.07) is 4.40. The van der Waals surface area contributed by atoms with Crippen LogP contribution in [0, 0.1) is 11.6 Å². The molecule has 0 bridgehead atoms. The van der Waals surface area contributed by atoms with Gasteiger partial charge in [0.15, 0.2) is 0 Å². The van der Waals surface area contributed by atoms with E-state index in [9.17, 15) is 22.4 Å². The summed E-state index contributed by atoms with van der Waals surface area (Å²) in [6.07, 6.45) is 2.94. The van der Waals surface area contributed by atoms with E-state index < -0.39 is 42.2 Å². The molecule has 1 aliphatic rings. The van der Waals surface area contributed by atoms with Crippen molar-refractivity contribution >= 4 is 11.6 Å². The third-order valence-electron chi connectivity index (χ3n) is 5.62. The number of nitrogens with one attached hydrogen (secondary N) is 1. The maximum absolute atomic E-state index is 14.7. The van der Waals surface area contributed by atoms with Gasteiger partial charge in [-0.2, -0.15) is 0 Å². The molecule has 6 nitrogen and oxygen atoms in total. The summed E-state index contributed by atoms with van der Waals surface area (Å²) in [5.41, 5.74) is 0.652. The molecule has 0 saturated heterocycles. The Balaban J connectivity index is 1.81. The predicted molar refractivity (Wildman–Crippen MR) is 117 cm³/mol. The molecule has 1 saturated carbocycles. The number of nitrogens with zero attached hydrogens (tertiary/aromatic N) is 3. The van der Waals surface area contributed by atoms with Crippen molar-refractivity contribution in [1.29, 1.82) is 0 Å². The number of hydrogen-bond acceptors (Lipinski definition) is 5. The number of carbonyl (C=O) groups is 1. The lowest BCUT2D eigenvalue weighted by atomic mass is 9.79.